The Bertz CT molecular complexity index is 664. The number of hydrogen-bond donors (Lipinski definition) is 1. The Hall–Kier alpha value is -0.620. The largest absolute Gasteiger partial charge is 0.371 e. The molecule has 108 valence electrons. The van der Waals surface area contributed by atoms with E-state index in [9.17, 15) is 0 Å². The summed E-state index contributed by atoms with van der Waals surface area (Å²) in [6.07, 6.45) is 0. The van der Waals surface area contributed by atoms with E-state index in [-0.39, 0.29) is 6.04 Å². The summed E-state index contributed by atoms with van der Waals surface area (Å²) >= 11 is 10.9. The molecule has 0 atom stereocenters. The van der Waals surface area contributed by atoms with E-state index in [1.807, 2.05) is 0 Å². The highest BCUT2D eigenvalue weighted by atomic mass is 79.9. The predicted octanol–water partition coefficient (Wildman–Crippen LogP) is 6.84. The van der Waals surface area contributed by atoms with Gasteiger partial charge in [-0.05, 0) is 79.4 Å². The lowest BCUT2D eigenvalue weighted by Gasteiger charge is -2.20. The second-order valence-corrected chi connectivity index (χ2v) is 8.38. The maximum atomic E-state index is 3.67. The first-order valence-electron chi connectivity index (χ1n) is 6.44. The summed E-state index contributed by atoms with van der Waals surface area (Å²) in [6, 6.07) is 13.0. The second-order valence-electron chi connectivity index (χ2n) is 4.71. The minimum atomic E-state index is 0.181. The topological polar surface area (TPSA) is 12.0 Å². The number of rotatable bonds is 4. The van der Waals surface area contributed by atoms with Crippen molar-refractivity contribution in [3.05, 3.63) is 71.4 Å². The number of halogens is 2. The van der Waals surface area contributed by atoms with Gasteiger partial charge in [0.2, 0.25) is 0 Å². The molecule has 0 spiro atoms. The molecule has 0 saturated carbocycles. The molecule has 0 amide bonds. The number of nitrogens with one attached hydrogen (secondary N) is 1. The third kappa shape index (κ3) is 3.42. The van der Waals surface area contributed by atoms with Crippen LogP contribution in [0.25, 0.3) is 0 Å². The van der Waals surface area contributed by atoms with Gasteiger partial charge in [0, 0.05) is 18.7 Å². The summed E-state index contributed by atoms with van der Waals surface area (Å²) in [4.78, 5) is 2.63. The number of hydrogen-bond acceptors (Lipinski definition) is 3. The van der Waals surface area contributed by atoms with Crippen molar-refractivity contribution in [1.29, 1.82) is 0 Å². The highest BCUT2D eigenvalue weighted by Crippen LogP contribution is 2.38. The first-order chi connectivity index (χ1) is 10.1. The van der Waals surface area contributed by atoms with E-state index in [4.69, 9.17) is 0 Å². The van der Waals surface area contributed by atoms with Crippen LogP contribution in [0, 0.1) is 6.92 Å². The molecule has 0 aliphatic carbocycles. The highest BCUT2D eigenvalue weighted by Gasteiger charge is 2.18. The molecule has 2 aromatic heterocycles. The molecule has 1 nitrogen and oxygen atoms in total. The Balaban J connectivity index is 2.00. The van der Waals surface area contributed by atoms with Gasteiger partial charge >= 0.3 is 0 Å². The molecule has 0 saturated heterocycles. The fourth-order valence-electron chi connectivity index (χ4n) is 2.18. The molecule has 3 aromatic rings. The van der Waals surface area contributed by atoms with E-state index in [1.165, 1.54) is 15.3 Å². The number of benzene rings is 1. The summed E-state index contributed by atoms with van der Waals surface area (Å²) in [5.74, 6) is 0. The van der Waals surface area contributed by atoms with Crippen LogP contribution < -0.4 is 5.32 Å². The molecule has 2 heterocycles. The van der Waals surface area contributed by atoms with Crippen LogP contribution in [-0.4, -0.2) is 0 Å². The Kier molecular flexibility index (Phi) is 4.84. The molecule has 0 bridgehead atoms. The fraction of sp³-hybridized carbons (Fsp3) is 0.125. The Morgan fingerprint density at radius 3 is 1.90 bits per heavy atom. The molecule has 0 aliphatic heterocycles. The van der Waals surface area contributed by atoms with Gasteiger partial charge in [-0.15, -0.1) is 22.7 Å². The van der Waals surface area contributed by atoms with Crippen LogP contribution in [-0.2, 0) is 0 Å². The number of thiophene rings is 2. The van der Waals surface area contributed by atoms with Gasteiger partial charge in [0.25, 0.3) is 0 Å². The van der Waals surface area contributed by atoms with Gasteiger partial charge < -0.3 is 5.32 Å². The van der Waals surface area contributed by atoms with Crippen molar-refractivity contribution in [1.82, 2.24) is 0 Å². The highest BCUT2D eigenvalue weighted by molar-refractivity contribution is 9.11. The van der Waals surface area contributed by atoms with Gasteiger partial charge in [0.15, 0.2) is 0 Å². The van der Waals surface area contributed by atoms with E-state index in [1.54, 1.807) is 22.7 Å². The lowest BCUT2D eigenvalue weighted by Crippen LogP contribution is -2.10. The predicted molar refractivity (Wildman–Crippen MR) is 101 cm³/mol. The van der Waals surface area contributed by atoms with Crippen LogP contribution in [0.2, 0.25) is 0 Å². The molecular weight excluding hydrogens is 430 g/mol. The van der Waals surface area contributed by atoms with Gasteiger partial charge in [-0.1, -0.05) is 12.1 Å². The standard InChI is InChI=1S/C16H13Br2NS2/c1-10-8-11(17)15(12(18)9-10)19-16(13-4-2-6-20-13)14-5-3-7-21-14/h2-9,16,19H,1H3. The van der Waals surface area contributed by atoms with Crippen LogP contribution in [0.15, 0.2) is 56.1 Å². The monoisotopic (exact) mass is 441 g/mol. The summed E-state index contributed by atoms with van der Waals surface area (Å²) in [6.45, 7) is 2.09. The van der Waals surface area contributed by atoms with Crippen LogP contribution in [0.3, 0.4) is 0 Å². The Labute approximate surface area is 149 Å². The minimum Gasteiger partial charge on any atom is -0.371 e. The first-order valence-corrected chi connectivity index (χ1v) is 9.78. The number of aryl methyl sites for hydroxylation is 1. The molecular formula is C16H13Br2NS2. The molecule has 0 unspecified atom stereocenters. The molecule has 0 aliphatic rings. The molecule has 1 N–H and O–H groups in total. The average molecular weight is 443 g/mol. The van der Waals surface area contributed by atoms with Crippen LogP contribution in [0.4, 0.5) is 5.69 Å². The number of anilines is 1. The van der Waals surface area contributed by atoms with Crippen molar-refractivity contribution < 1.29 is 0 Å². The second kappa shape index (κ2) is 6.65. The van der Waals surface area contributed by atoms with E-state index in [0.717, 1.165) is 14.6 Å². The lowest BCUT2D eigenvalue weighted by atomic mass is 10.1. The average Bonchev–Trinajstić information content (AvgIpc) is 3.11. The van der Waals surface area contributed by atoms with Crippen molar-refractivity contribution in [3.63, 3.8) is 0 Å². The van der Waals surface area contributed by atoms with Gasteiger partial charge in [0.05, 0.1) is 11.7 Å². The summed E-state index contributed by atoms with van der Waals surface area (Å²) < 4.78 is 2.15. The zero-order valence-corrected chi connectivity index (χ0v) is 16.1. The Morgan fingerprint density at radius 1 is 0.952 bits per heavy atom. The van der Waals surface area contributed by atoms with E-state index in [0.29, 0.717) is 0 Å². The zero-order valence-electron chi connectivity index (χ0n) is 11.3. The third-order valence-corrected chi connectivity index (χ3v) is 6.26. The van der Waals surface area contributed by atoms with E-state index >= 15 is 0 Å². The minimum absolute atomic E-state index is 0.181. The summed E-state index contributed by atoms with van der Waals surface area (Å²) in [5, 5.41) is 7.92. The first kappa shape index (κ1) is 15.3. The van der Waals surface area contributed by atoms with Gasteiger partial charge in [-0.25, -0.2) is 0 Å². The van der Waals surface area contributed by atoms with Crippen molar-refractivity contribution >= 4 is 60.2 Å². The van der Waals surface area contributed by atoms with E-state index in [2.05, 4.69) is 91.3 Å². The molecule has 0 radical (unpaired) electrons. The van der Waals surface area contributed by atoms with Crippen LogP contribution in [0.5, 0.6) is 0 Å². The van der Waals surface area contributed by atoms with Gasteiger partial charge in [-0.2, -0.15) is 0 Å². The molecule has 5 heteroatoms. The molecule has 1 aromatic carbocycles. The molecule has 21 heavy (non-hydrogen) atoms. The Morgan fingerprint density at radius 2 is 1.48 bits per heavy atom. The third-order valence-electron chi connectivity index (χ3n) is 3.13. The zero-order chi connectivity index (χ0) is 14.8. The van der Waals surface area contributed by atoms with Gasteiger partial charge in [-0.3, -0.25) is 0 Å². The van der Waals surface area contributed by atoms with Crippen LogP contribution >= 0.6 is 54.5 Å². The maximum Gasteiger partial charge on any atom is 0.0954 e. The molecule has 0 fully saturated rings. The maximum absolute atomic E-state index is 3.67. The van der Waals surface area contributed by atoms with Crippen molar-refractivity contribution in [2.24, 2.45) is 0 Å². The summed E-state index contributed by atoms with van der Waals surface area (Å²) in [5.41, 5.74) is 2.32. The smallest absolute Gasteiger partial charge is 0.0954 e. The summed E-state index contributed by atoms with van der Waals surface area (Å²) in [7, 11) is 0. The van der Waals surface area contributed by atoms with E-state index < -0.39 is 0 Å². The van der Waals surface area contributed by atoms with Crippen LogP contribution in [0.1, 0.15) is 21.4 Å². The SMILES string of the molecule is Cc1cc(Br)c(NC(c2cccs2)c2cccs2)c(Br)c1. The quantitative estimate of drug-likeness (QED) is 0.466. The normalized spacial score (nSPS) is 11.0. The van der Waals surface area contributed by atoms with Crippen molar-refractivity contribution in [3.8, 4) is 0 Å². The fourth-order valence-corrected chi connectivity index (χ4v) is 5.48. The van der Waals surface area contributed by atoms with Crippen molar-refractivity contribution in [2.75, 3.05) is 5.32 Å². The van der Waals surface area contributed by atoms with Crippen molar-refractivity contribution in [2.45, 2.75) is 13.0 Å². The lowest BCUT2D eigenvalue weighted by molar-refractivity contribution is 0.988. The molecule has 3 rings (SSSR count). The van der Waals surface area contributed by atoms with Gasteiger partial charge in [0.1, 0.15) is 0 Å².